The minimum absolute atomic E-state index is 0.0130. The highest BCUT2D eigenvalue weighted by Crippen LogP contribution is 2.32. The van der Waals surface area contributed by atoms with Gasteiger partial charge in [0, 0.05) is 6.42 Å². The molecule has 0 aromatic heterocycles. The summed E-state index contributed by atoms with van der Waals surface area (Å²) >= 11 is 0. The van der Waals surface area contributed by atoms with E-state index in [4.69, 9.17) is 14.2 Å². The summed E-state index contributed by atoms with van der Waals surface area (Å²) in [6.45, 7) is 3.61. The van der Waals surface area contributed by atoms with Gasteiger partial charge in [0.1, 0.15) is 19.0 Å². The number of carbonyl (C=O) groups excluding carboxylic acids is 1. The number of nitrogens with one attached hydrogen (secondary N) is 1. The second kappa shape index (κ2) is 8.42. The van der Waals surface area contributed by atoms with Crippen LogP contribution in [-0.2, 0) is 4.79 Å². The van der Waals surface area contributed by atoms with E-state index in [1.165, 1.54) is 0 Å². The summed E-state index contributed by atoms with van der Waals surface area (Å²) in [6.07, 6.45) is 1.11. The molecule has 2 aromatic rings. The number of benzene rings is 2. The smallest absolute Gasteiger partial charge is 0.220 e. The lowest BCUT2D eigenvalue weighted by Crippen LogP contribution is -2.27. The van der Waals surface area contributed by atoms with Crippen molar-refractivity contribution in [2.45, 2.75) is 25.8 Å². The first-order valence-electron chi connectivity index (χ1n) is 8.59. The third kappa shape index (κ3) is 4.89. The largest absolute Gasteiger partial charge is 0.494 e. The zero-order valence-corrected chi connectivity index (χ0v) is 14.4. The molecule has 0 fully saturated rings. The number of fused-ring (bicyclic) bond motifs is 1. The maximum atomic E-state index is 12.1. The lowest BCUT2D eigenvalue weighted by atomic mass is 10.1. The third-order valence-electron chi connectivity index (χ3n) is 4.00. The van der Waals surface area contributed by atoms with Gasteiger partial charge in [-0.3, -0.25) is 4.79 Å². The molecule has 2 aromatic carbocycles. The Labute approximate surface area is 147 Å². The molecule has 1 N–H and O–H groups in total. The Morgan fingerprint density at radius 1 is 1.12 bits per heavy atom. The maximum absolute atomic E-state index is 12.1. The number of carbonyl (C=O) groups is 1. The van der Waals surface area contributed by atoms with Gasteiger partial charge < -0.3 is 19.5 Å². The van der Waals surface area contributed by atoms with Gasteiger partial charge in [-0.15, -0.1) is 0 Å². The van der Waals surface area contributed by atoms with Crippen LogP contribution in [0.4, 0.5) is 0 Å². The van der Waals surface area contributed by atoms with Crippen LogP contribution in [0.25, 0.3) is 0 Å². The van der Waals surface area contributed by atoms with E-state index in [1.807, 2.05) is 55.5 Å². The molecule has 25 heavy (non-hydrogen) atoms. The number of para-hydroxylation sites is 1. The minimum Gasteiger partial charge on any atom is -0.494 e. The molecule has 1 aliphatic rings. The molecule has 0 radical (unpaired) electrons. The van der Waals surface area contributed by atoms with E-state index in [9.17, 15) is 4.79 Å². The Kier molecular flexibility index (Phi) is 5.77. The Bertz CT molecular complexity index is 702. The predicted molar refractivity (Wildman–Crippen MR) is 95.2 cm³/mol. The quantitative estimate of drug-likeness (QED) is 0.783. The molecule has 132 valence electrons. The van der Waals surface area contributed by atoms with Gasteiger partial charge in [0.2, 0.25) is 5.91 Å². The van der Waals surface area contributed by atoms with Crippen LogP contribution in [0.1, 0.15) is 31.4 Å². The highest BCUT2D eigenvalue weighted by Gasteiger charge is 2.15. The average molecular weight is 341 g/mol. The Morgan fingerprint density at radius 2 is 1.88 bits per heavy atom. The van der Waals surface area contributed by atoms with E-state index in [0.29, 0.717) is 32.7 Å². The number of hydrogen-bond acceptors (Lipinski definition) is 4. The highest BCUT2D eigenvalue weighted by molar-refractivity contribution is 5.76. The standard InChI is InChI=1S/C20H23NO4/c1-15(16-9-10-18-19(14-16)25-13-12-24-18)21-20(22)8-5-11-23-17-6-3-2-4-7-17/h2-4,6-7,9-10,14-15H,5,8,11-13H2,1H3,(H,21,22). The molecule has 1 aliphatic heterocycles. The van der Waals surface area contributed by atoms with Crippen LogP contribution in [0.3, 0.4) is 0 Å². The van der Waals surface area contributed by atoms with Crippen LogP contribution in [0, 0.1) is 0 Å². The molecular formula is C20H23NO4. The van der Waals surface area contributed by atoms with E-state index >= 15 is 0 Å². The van der Waals surface area contributed by atoms with Crippen LogP contribution in [0.5, 0.6) is 17.2 Å². The first-order valence-corrected chi connectivity index (χ1v) is 8.59. The molecule has 1 amide bonds. The van der Waals surface area contributed by atoms with Gasteiger partial charge in [0.25, 0.3) is 0 Å². The first kappa shape index (κ1) is 17.1. The van der Waals surface area contributed by atoms with Gasteiger partial charge in [0.15, 0.2) is 11.5 Å². The summed E-state index contributed by atoms with van der Waals surface area (Å²) in [7, 11) is 0. The number of hydrogen-bond donors (Lipinski definition) is 1. The summed E-state index contributed by atoms with van der Waals surface area (Å²) in [6, 6.07) is 15.3. The molecule has 0 bridgehead atoms. The number of amides is 1. The van der Waals surface area contributed by atoms with Crippen LogP contribution >= 0.6 is 0 Å². The fourth-order valence-electron chi connectivity index (χ4n) is 2.67. The zero-order valence-electron chi connectivity index (χ0n) is 14.4. The summed E-state index contributed by atoms with van der Waals surface area (Å²) in [5.74, 6) is 2.33. The molecule has 1 atom stereocenters. The molecule has 5 nitrogen and oxygen atoms in total. The monoisotopic (exact) mass is 341 g/mol. The molecule has 0 spiro atoms. The van der Waals surface area contributed by atoms with E-state index < -0.39 is 0 Å². The van der Waals surface area contributed by atoms with Crippen LogP contribution in [0.15, 0.2) is 48.5 Å². The SMILES string of the molecule is CC(NC(=O)CCCOc1ccccc1)c1ccc2c(c1)OCCO2. The van der Waals surface area contributed by atoms with E-state index in [2.05, 4.69) is 5.32 Å². The Morgan fingerprint density at radius 3 is 2.68 bits per heavy atom. The lowest BCUT2D eigenvalue weighted by Gasteiger charge is -2.21. The summed E-state index contributed by atoms with van der Waals surface area (Å²) < 4.78 is 16.7. The van der Waals surface area contributed by atoms with Crippen molar-refractivity contribution in [3.8, 4) is 17.2 Å². The van der Waals surface area contributed by atoms with Gasteiger partial charge >= 0.3 is 0 Å². The maximum Gasteiger partial charge on any atom is 0.220 e. The molecule has 1 heterocycles. The van der Waals surface area contributed by atoms with Crippen molar-refractivity contribution in [2.75, 3.05) is 19.8 Å². The van der Waals surface area contributed by atoms with Gasteiger partial charge in [-0.1, -0.05) is 24.3 Å². The first-order chi connectivity index (χ1) is 12.2. The van der Waals surface area contributed by atoms with Crippen molar-refractivity contribution in [2.24, 2.45) is 0 Å². The van der Waals surface area contributed by atoms with E-state index in [-0.39, 0.29) is 11.9 Å². The second-order valence-corrected chi connectivity index (χ2v) is 5.96. The van der Waals surface area contributed by atoms with Crippen molar-refractivity contribution in [3.05, 3.63) is 54.1 Å². The molecule has 0 aliphatic carbocycles. The predicted octanol–water partition coefficient (Wildman–Crippen LogP) is 3.49. The normalized spacial score (nSPS) is 13.8. The molecule has 0 saturated carbocycles. The second-order valence-electron chi connectivity index (χ2n) is 5.96. The van der Waals surface area contributed by atoms with Crippen LogP contribution in [0.2, 0.25) is 0 Å². The zero-order chi connectivity index (χ0) is 17.5. The molecule has 5 heteroatoms. The van der Waals surface area contributed by atoms with Gasteiger partial charge in [-0.05, 0) is 43.2 Å². The summed E-state index contributed by atoms with van der Waals surface area (Å²) in [4.78, 5) is 12.1. The summed E-state index contributed by atoms with van der Waals surface area (Å²) in [5.41, 5.74) is 0.998. The molecular weight excluding hydrogens is 318 g/mol. The number of ether oxygens (including phenoxy) is 3. The lowest BCUT2D eigenvalue weighted by molar-refractivity contribution is -0.121. The highest BCUT2D eigenvalue weighted by atomic mass is 16.6. The van der Waals surface area contributed by atoms with E-state index in [0.717, 1.165) is 22.8 Å². The molecule has 3 rings (SSSR count). The fourth-order valence-corrected chi connectivity index (χ4v) is 2.67. The molecule has 0 saturated heterocycles. The van der Waals surface area contributed by atoms with Gasteiger partial charge in [0.05, 0.1) is 12.6 Å². The van der Waals surface area contributed by atoms with Crippen molar-refractivity contribution in [1.82, 2.24) is 5.32 Å². The Balaban J connectivity index is 1.43. The van der Waals surface area contributed by atoms with Crippen LogP contribution < -0.4 is 19.5 Å². The topological polar surface area (TPSA) is 56.8 Å². The Hall–Kier alpha value is -2.69. The minimum atomic E-state index is -0.0848. The fraction of sp³-hybridized carbons (Fsp3) is 0.350. The summed E-state index contributed by atoms with van der Waals surface area (Å²) in [5, 5.41) is 3.01. The van der Waals surface area contributed by atoms with Crippen molar-refractivity contribution >= 4 is 5.91 Å². The third-order valence-corrected chi connectivity index (χ3v) is 4.00. The average Bonchev–Trinajstić information content (AvgIpc) is 2.65. The van der Waals surface area contributed by atoms with Gasteiger partial charge in [-0.2, -0.15) is 0 Å². The van der Waals surface area contributed by atoms with E-state index in [1.54, 1.807) is 0 Å². The van der Waals surface area contributed by atoms with Crippen LogP contribution in [-0.4, -0.2) is 25.7 Å². The number of rotatable bonds is 7. The van der Waals surface area contributed by atoms with Crippen molar-refractivity contribution in [3.63, 3.8) is 0 Å². The van der Waals surface area contributed by atoms with Crippen molar-refractivity contribution < 1.29 is 19.0 Å². The van der Waals surface area contributed by atoms with Crippen molar-refractivity contribution in [1.29, 1.82) is 0 Å². The molecule has 1 unspecified atom stereocenters. The van der Waals surface area contributed by atoms with Gasteiger partial charge in [-0.25, -0.2) is 0 Å².